The summed E-state index contributed by atoms with van der Waals surface area (Å²) in [6.07, 6.45) is 4.84. The van der Waals surface area contributed by atoms with Crippen LogP contribution in [0.1, 0.15) is 43.6 Å². The molecule has 0 amide bonds. The summed E-state index contributed by atoms with van der Waals surface area (Å²) in [5.41, 5.74) is 3.07. The third-order valence-electron chi connectivity index (χ3n) is 3.89. The van der Waals surface area contributed by atoms with Gasteiger partial charge in [-0.05, 0) is 15.9 Å². The predicted molar refractivity (Wildman–Crippen MR) is 83.3 cm³/mol. The van der Waals surface area contributed by atoms with Crippen LogP contribution in [0.2, 0.25) is 10.6 Å². The molecule has 0 aromatic heterocycles. The molecule has 1 aromatic rings. The lowest BCUT2D eigenvalue weighted by Crippen LogP contribution is -2.25. The zero-order valence-corrected chi connectivity index (χ0v) is 13.3. The first-order valence-electron chi connectivity index (χ1n) is 7.35. The molecule has 0 saturated heterocycles. The first-order chi connectivity index (χ1) is 8.58. The molecule has 0 bridgehead atoms. The van der Waals surface area contributed by atoms with Gasteiger partial charge in [-0.1, -0.05) is 86.5 Å². The van der Waals surface area contributed by atoms with Gasteiger partial charge < -0.3 is 0 Å². The monoisotopic (exact) mass is 256 g/mol. The lowest BCUT2D eigenvalue weighted by Gasteiger charge is -2.22. The van der Waals surface area contributed by atoms with E-state index in [-0.39, 0.29) is 0 Å². The number of fused-ring (bicyclic) bond motifs is 1. The summed E-state index contributed by atoms with van der Waals surface area (Å²) in [6, 6.07) is 8.98. The Kier molecular flexibility index (Phi) is 4.71. The Labute approximate surface area is 117 Å². The smallest absolute Gasteiger partial charge is 0.0909 e. The Bertz CT molecular complexity index is 407. The van der Waals surface area contributed by atoms with Gasteiger partial charge in [0.15, 0.2) is 0 Å². The van der Waals surface area contributed by atoms with Crippen molar-refractivity contribution in [1.29, 1.82) is 0 Å². The third-order valence-corrected chi connectivity index (χ3v) is 8.59. The van der Waals surface area contributed by atoms with Gasteiger partial charge in [-0.2, -0.15) is 0 Å². The van der Waals surface area contributed by atoms with Gasteiger partial charge in [0.05, 0.1) is 0 Å². The van der Waals surface area contributed by atoms with Gasteiger partial charge in [0.25, 0.3) is 14.1 Å². The summed E-state index contributed by atoms with van der Waals surface area (Å²) in [7, 11) is 0. The Balaban J connectivity index is 2.19. The maximum Gasteiger partial charge on any atom is 0.277 e. The van der Waals surface area contributed by atoms with E-state index >= 15 is 0 Å². The zero-order valence-electron chi connectivity index (χ0n) is 12.2. The fourth-order valence-corrected chi connectivity index (χ4v) is 7.73. The normalized spacial score (nSPS) is 17.6. The molecule has 0 spiro atoms. The van der Waals surface area contributed by atoms with Crippen LogP contribution in [0.15, 0.2) is 30.3 Å². The number of rotatable bonds is 5. The van der Waals surface area contributed by atoms with E-state index in [2.05, 4.69) is 64.1 Å². The van der Waals surface area contributed by atoms with Crippen LogP contribution < -0.4 is 0 Å². The van der Waals surface area contributed by atoms with E-state index in [1.807, 2.05) is 0 Å². The van der Waals surface area contributed by atoms with Crippen LogP contribution in [0.25, 0.3) is 6.08 Å². The molecule has 0 N–H and O–H groups in total. The molecule has 0 fully saturated rings. The van der Waals surface area contributed by atoms with Gasteiger partial charge >= 0.3 is 0 Å². The van der Waals surface area contributed by atoms with Crippen molar-refractivity contribution in [2.45, 2.75) is 43.0 Å². The minimum absolute atomic E-state index is 0.726. The molecule has 1 aromatic carbocycles. The molecule has 1 unspecified atom stereocenters. The van der Waals surface area contributed by atoms with Crippen LogP contribution >= 0.6 is 0 Å². The van der Waals surface area contributed by atoms with Crippen LogP contribution in [-0.2, 0) is 0 Å². The molecule has 1 aliphatic carbocycles. The fourth-order valence-electron chi connectivity index (χ4n) is 3.29. The highest BCUT2D eigenvalue weighted by molar-refractivity contribution is 6.61. The van der Waals surface area contributed by atoms with Gasteiger partial charge in [0.1, 0.15) is 0 Å². The van der Waals surface area contributed by atoms with Crippen LogP contribution in [0.5, 0.6) is 0 Å². The minimum atomic E-state index is -0.726. The van der Waals surface area contributed by atoms with Gasteiger partial charge in [0, 0.05) is 0 Å². The predicted octanol–water partition coefficient (Wildman–Crippen LogP) is 5.14. The van der Waals surface area contributed by atoms with E-state index in [1.165, 1.54) is 16.1 Å². The maximum absolute atomic E-state index is 2.49. The molecule has 0 nitrogen and oxygen atoms in total. The van der Waals surface area contributed by atoms with Crippen molar-refractivity contribution in [2.24, 2.45) is 11.8 Å². The summed E-state index contributed by atoms with van der Waals surface area (Å²) in [5, 5.41) is 2.95. The van der Waals surface area contributed by atoms with E-state index in [0.29, 0.717) is 0 Å². The van der Waals surface area contributed by atoms with Gasteiger partial charge in [-0.25, -0.2) is 0 Å². The average molecular weight is 256 g/mol. The molecular formula is C17H25Al. The topological polar surface area (TPSA) is 0 Å². The highest BCUT2D eigenvalue weighted by Gasteiger charge is 2.31. The first-order valence-corrected chi connectivity index (χ1v) is 9.65. The van der Waals surface area contributed by atoms with Gasteiger partial charge in [-0.3, -0.25) is 0 Å². The molecule has 96 valence electrons. The van der Waals surface area contributed by atoms with Crippen molar-refractivity contribution < 1.29 is 0 Å². The van der Waals surface area contributed by atoms with Crippen LogP contribution in [0.3, 0.4) is 0 Å². The quantitative estimate of drug-likeness (QED) is 0.640. The van der Waals surface area contributed by atoms with Crippen molar-refractivity contribution in [3.8, 4) is 0 Å². The fraction of sp³-hybridized carbons (Fsp3) is 0.529. The highest BCUT2D eigenvalue weighted by Crippen LogP contribution is 2.36. The van der Waals surface area contributed by atoms with Gasteiger partial charge in [0.2, 0.25) is 0 Å². The average Bonchev–Trinajstić information content (AvgIpc) is 2.70. The number of hydrogen-bond donors (Lipinski definition) is 0. The van der Waals surface area contributed by atoms with Crippen molar-refractivity contribution in [1.82, 2.24) is 0 Å². The Morgan fingerprint density at radius 1 is 1.00 bits per heavy atom. The molecule has 1 atom stereocenters. The summed E-state index contributed by atoms with van der Waals surface area (Å²) < 4.78 is 0.783. The molecule has 0 heterocycles. The Hall–Kier alpha value is -0.508. The van der Waals surface area contributed by atoms with Crippen LogP contribution in [0, 0.1) is 11.8 Å². The highest BCUT2D eigenvalue weighted by atomic mass is 27.2. The summed E-state index contributed by atoms with van der Waals surface area (Å²) >= 11 is -0.726. The molecule has 0 saturated carbocycles. The van der Waals surface area contributed by atoms with Crippen molar-refractivity contribution >= 4 is 20.2 Å². The zero-order chi connectivity index (χ0) is 13.1. The lowest BCUT2D eigenvalue weighted by atomic mass is 10.1. The Morgan fingerprint density at radius 3 is 2.22 bits per heavy atom. The minimum Gasteiger partial charge on any atom is -0.0909 e. The third kappa shape index (κ3) is 3.28. The first kappa shape index (κ1) is 13.9. The maximum atomic E-state index is 2.49. The second-order valence-corrected chi connectivity index (χ2v) is 9.71. The molecule has 1 heteroatoms. The van der Waals surface area contributed by atoms with Gasteiger partial charge in [-0.15, -0.1) is 0 Å². The second-order valence-electron chi connectivity index (χ2n) is 6.53. The molecule has 0 aliphatic heterocycles. The summed E-state index contributed by atoms with van der Waals surface area (Å²) in [6.45, 7) is 9.52. The van der Waals surface area contributed by atoms with E-state index in [0.717, 1.165) is 16.6 Å². The lowest BCUT2D eigenvalue weighted by molar-refractivity contribution is 0.683. The molecule has 0 radical (unpaired) electrons. The summed E-state index contributed by atoms with van der Waals surface area (Å²) in [4.78, 5) is 0. The van der Waals surface area contributed by atoms with Crippen molar-refractivity contribution in [3.63, 3.8) is 0 Å². The molecule has 1 aliphatic rings. The standard InChI is InChI=1S/C9H7.2C4H9.Al/c1-2-5-9-7-3-6-8(9)4-1;2*1-4(2)3;/h1-7H;2*4H,1H2,2-3H3;. The molecule has 2 rings (SSSR count). The van der Waals surface area contributed by atoms with Crippen molar-refractivity contribution in [2.75, 3.05) is 0 Å². The van der Waals surface area contributed by atoms with Crippen LogP contribution in [0.4, 0.5) is 0 Å². The van der Waals surface area contributed by atoms with Crippen molar-refractivity contribution in [3.05, 3.63) is 41.5 Å². The molecular weight excluding hydrogens is 231 g/mol. The van der Waals surface area contributed by atoms with E-state index < -0.39 is 14.1 Å². The number of allylic oxidation sites excluding steroid dienone is 1. The van der Waals surface area contributed by atoms with E-state index in [4.69, 9.17) is 0 Å². The summed E-state index contributed by atoms with van der Waals surface area (Å²) in [5.74, 6) is 1.70. The number of hydrogen-bond acceptors (Lipinski definition) is 0. The van der Waals surface area contributed by atoms with Crippen LogP contribution in [-0.4, -0.2) is 14.1 Å². The largest absolute Gasteiger partial charge is 0.277 e. The SMILES string of the molecule is CC(C)[CH2][Al]([CH2]C(C)C)[CH]1C=Cc2ccccc21. The van der Waals surface area contributed by atoms with E-state index in [1.54, 1.807) is 5.56 Å². The number of benzene rings is 1. The van der Waals surface area contributed by atoms with E-state index in [9.17, 15) is 0 Å². The Morgan fingerprint density at radius 2 is 1.61 bits per heavy atom. The molecule has 18 heavy (non-hydrogen) atoms. The second kappa shape index (κ2) is 6.09.